The molecule has 0 saturated carbocycles. The van der Waals surface area contributed by atoms with E-state index >= 15 is 0 Å². The van der Waals surface area contributed by atoms with Gasteiger partial charge in [-0.05, 0) is 47.9 Å². The lowest BCUT2D eigenvalue weighted by Gasteiger charge is -2.22. The maximum atomic E-state index is 13.9. The molecule has 0 aliphatic carbocycles. The minimum absolute atomic E-state index is 0.0568. The van der Waals surface area contributed by atoms with Gasteiger partial charge in [-0.15, -0.1) is 0 Å². The number of phosphoric acid groups is 2. The number of aliphatic hydroxyl groups is 2. The number of hydrogen-bond donors (Lipinski definition) is 3. The molecular formula is C38H41N3O16P2. The van der Waals surface area contributed by atoms with Crippen LogP contribution in [0.2, 0.25) is 0 Å². The van der Waals surface area contributed by atoms with Crippen LogP contribution in [-0.2, 0) is 67.5 Å². The summed E-state index contributed by atoms with van der Waals surface area (Å²) in [5.74, 6) is -0.650. The Bertz CT molecular complexity index is 2500. The summed E-state index contributed by atoms with van der Waals surface area (Å²) in [6.45, 7) is 2.64. The Morgan fingerprint density at radius 2 is 1.49 bits per heavy atom. The van der Waals surface area contributed by atoms with Crippen molar-refractivity contribution in [3.63, 3.8) is 0 Å². The molecule has 1 aliphatic heterocycles. The summed E-state index contributed by atoms with van der Waals surface area (Å²) in [5, 5.41) is 26.2. The van der Waals surface area contributed by atoms with Crippen molar-refractivity contribution in [3.8, 4) is 5.75 Å². The van der Waals surface area contributed by atoms with Crippen molar-refractivity contribution < 1.29 is 65.7 Å². The molecule has 0 radical (unpaired) electrons. The molecule has 2 aromatic heterocycles. The van der Waals surface area contributed by atoms with Crippen molar-refractivity contribution in [1.29, 1.82) is 0 Å². The van der Waals surface area contributed by atoms with Crippen molar-refractivity contribution in [2.45, 2.75) is 71.5 Å². The second-order valence-electron chi connectivity index (χ2n) is 13.9. The number of ketones is 1. The van der Waals surface area contributed by atoms with E-state index in [1.54, 1.807) is 62.4 Å². The molecule has 0 bridgehead atoms. The summed E-state index contributed by atoms with van der Waals surface area (Å²) in [4.78, 5) is 60.4. The summed E-state index contributed by atoms with van der Waals surface area (Å²) in [6, 6.07) is 20.2. The van der Waals surface area contributed by atoms with E-state index in [-0.39, 0.29) is 36.1 Å². The molecule has 3 N–H and O–H groups in total. The minimum atomic E-state index is -5.39. The maximum Gasteiger partial charge on any atom is 0.484 e. The molecule has 314 valence electrons. The van der Waals surface area contributed by atoms with Crippen LogP contribution >= 0.6 is 15.6 Å². The molecule has 1 saturated heterocycles. The zero-order valence-electron chi connectivity index (χ0n) is 31.9. The fraction of sp³-hybridized carbons (Fsp3) is 0.342. The van der Waals surface area contributed by atoms with Crippen LogP contribution in [0.15, 0.2) is 99.2 Å². The van der Waals surface area contributed by atoms with Gasteiger partial charge in [0.25, 0.3) is 5.56 Å². The van der Waals surface area contributed by atoms with Crippen LogP contribution in [0.1, 0.15) is 49.4 Å². The lowest BCUT2D eigenvalue weighted by Crippen LogP contribution is -2.43. The van der Waals surface area contributed by atoms with Gasteiger partial charge in [0.1, 0.15) is 35.5 Å². The van der Waals surface area contributed by atoms with Crippen LogP contribution in [-0.4, -0.2) is 66.1 Å². The third-order valence-electron chi connectivity index (χ3n) is 8.94. The Hall–Kier alpha value is -4.91. The van der Waals surface area contributed by atoms with Gasteiger partial charge in [0.15, 0.2) is 11.8 Å². The first-order valence-corrected chi connectivity index (χ1v) is 21.1. The fourth-order valence-corrected chi connectivity index (χ4v) is 8.41. The monoisotopic (exact) mass is 857 g/mol. The molecule has 0 spiro atoms. The number of aliphatic hydroxyl groups excluding tert-OH is 2. The first kappa shape index (κ1) is 43.7. The van der Waals surface area contributed by atoms with Gasteiger partial charge >= 0.3 is 27.3 Å². The third kappa shape index (κ3) is 11.0. The number of hydrogen-bond acceptors (Lipinski definition) is 16. The molecule has 1 fully saturated rings. The number of rotatable bonds is 18. The maximum absolute atomic E-state index is 13.9. The number of aromatic nitrogens is 3. The van der Waals surface area contributed by atoms with E-state index in [0.717, 1.165) is 21.4 Å². The van der Waals surface area contributed by atoms with Gasteiger partial charge in [0, 0.05) is 24.1 Å². The Labute approximate surface area is 335 Å². The number of benzene rings is 3. The molecule has 5 aromatic rings. The fourth-order valence-electron chi connectivity index (χ4n) is 5.81. The molecule has 3 aromatic carbocycles. The second kappa shape index (κ2) is 18.6. The van der Waals surface area contributed by atoms with Crippen LogP contribution in [0.25, 0.3) is 11.0 Å². The van der Waals surface area contributed by atoms with Crippen molar-refractivity contribution in [2.75, 3.05) is 6.61 Å². The quantitative estimate of drug-likeness (QED) is 0.0634. The van der Waals surface area contributed by atoms with Gasteiger partial charge in [-0.3, -0.25) is 37.1 Å². The summed E-state index contributed by atoms with van der Waals surface area (Å²) in [6.07, 6.45) is -5.48. The van der Waals surface area contributed by atoms with Crippen molar-refractivity contribution in [3.05, 3.63) is 128 Å². The predicted octanol–water partition coefficient (Wildman–Crippen LogP) is 4.19. The van der Waals surface area contributed by atoms with Crippen LogP contribution in [0.4, 0.5) is 0 Å². The topological polar surface area (TPSA) is 254 Å². The Morgan fingerprint density at radius 1 is 0.864 bits per heavy atom. The third-order valence-corrected chi connectivity index (χ3v) is 11.9. The summed E-state index contributed by atoms with van der Waals surface area (Å²) in [7, 11) is -10.4. The predicted molar refractivity (Wildman–Crippen MR) is 206 cm³/mol. The highest BCUT2D eigenvalue weighted by Gasteiger charge is 2.46. The lowest BCUT2D eigenvalue weighted by molar-refractivity contribution is -0.137. The minimum Gasteiger partial charge on any atom is -0.426 e. The Balaban J connectivity index is 1.14. The number of carbonyl (C=O) groups excluding carboxylic acids is 2. The van der Waals surface area contributed by atoms with Crippen LogP contribution in [0.5, 0.6) is 5.75 Å². The van der Waals surface area contributed by atoms with Crippen LogP contribution in [0, 0.1) is 5.92 Å². The summed E-state index contributed by atoms with van der Waals surface area (Å²) in [5.41, 5.74) is 0.603. The first-order valence-electron chi connectivity index (χ1n) is 18.1. The standard InChI is InChI=1S/C38H41N3O16P2/c1-23(2)37(46)54-28-14-12-27(13-15-28)21-53-59(50,52-20-26-10-8-25(9-11-26)18-24(3)42)57-58(48,49)51-22-32-34(44)35(45)36(55-32)40-17-16-33(43)41(38(40)47)19-30-29-6-4-5-7-31(29)56-39-30/h4-17,23,32,34-36,44-45H,18-22H2,1-3H3,(H,48,49)/t32-,34+,35+,36-,59?/m1/s1. The summed E-state index contributed by atoms with van der Waals surface area (Å²) < 4.78 is 66.0. The smallest absolute Gasteiger partial charge is 0.426 e. The Morgan fingerprint density at radius 3 is 2.14 bits per heavy atom. The molecule has 19 nitrogen and oxygen atoms in total. The van der Waals surface area contributed by atoms with Gasteiger partial charge < -0.3 is 29.1 Å². The van der Waals surface area contributed by atoms with E-state index in [1.807, 2.05) is 0 Å². The number of esters is 1. The zero-order chi connectivity index (χ0) is 42.5. The van der Waals surface area contributed by atoms with Gasteiger partial charge in [-0.2, -0.15) is 4.31 Å². The first-order chi connectivity index (χ1) is 28.0. The average Bonchev–Trinajstić information content (AvgIpc) is 3.73. The van der Waals surface area contributed by atoms with E-state index in [1.165, 1.54) is 31.2 Å². The molecule has 1 aliphatic rings. The molecule has 6 atom stereocenters. The lowest BCUT2D eigenvalue weighted by atomic mass is 10.1. The van der Waals surface area contributed by atoms with Gasteiger partial charge in [-0.25, -0.2) is 13.9 Å². The average molecular weight is 858 g/mol. The zero-order valence-corrected chi connectivity index (χ0v) is 33.7. The number of para-hydroxylation sites is 1. The number of nitrogens with zero attached hydrogens (tertiary/aromatic N) is 3. The van der Waals surface area contributed by atoms with E-state index < -0.39 is 77.2 Å². The molecule has 2 unspecified atom stereocenters. The van der Waals surface area contributed by atoms with Crippen molar-refractivity contribution >= 4 is 38.4 Å². The number of ether oxygens (including phenoxy) is 2. The van der Waals surface area contributed by atoms with E-state index in [9.17, 15) is 43.4 Å². The highest BCUT2D eigenvalue weighted by molar-refractivity contribution is 7.61. The Kier molecular flexibility index (Phi) is 13.7. The van der Waals surface area contributed by atoms with Crippen molar-refractivity contribution in [2.24, 2.45) is 5.92 Å². The second-order valence-corrected chi connectivity index (χ2v) is 17.1. The normalized spacial score (nSPS) is 20.1. The van der Waals surface area contributed by atoms with Gasteiger partial charge in [-0.1, -0.05) is 67.5 Å². The molecule has 3 heterocycles. The van der Waals surface area contributed by atoms with Gasteiger partial charge in [0.2, 0.25) is 0 Å². The molecule has 21 heteroatoms. The van der Waals surface area contributed by atoms with Gasteiger partial charge in [0.05, 0.1) is 32.3 Å². The number of carbonyl (C=O) groups is 2. The highest BCUT2D eigenvalue weighted by atomic mass is 31.3. The van der Waals surface area contributed by atoms with E-state index in [2.05, 4.69) is 5.16 Å². The van der Waals surface area contributed by atoms with Crippen molar-refractivity contribution in [1.82, 2.24) is 14.3 Å². The van der Waals surface area contributed by atoms with Crippen LogP contribution < -0.4 is 16.0 Å². The summed E-state index contributed by atoms with van der Waals surface area (Å²) >= 11 is 0. The SMILES string of the molecule is CC(=O)Cc1ccc(COP(=O)(OCc2ccc(OC(=O)C(C)C)cc2)OP(=O)(O)OC[C@H]2O[C@@H](n3ccc(=O)n(Cc4noc5ccccc45)c3=O)[C@@H](O)[C@H]2O)cc1. The number of phosphoric ester groups is 2. The number of fused-ring (bicyclic) bond motifs is 1. The van der Waals surface area contributed by atoms with Crippen LogP contribution in [0.3, 0.4) is 0 Å². The molecule has 6 rings (SSSR count). The van der Waals surface area contributed by atoms with E-state index in [0.29, 0.717) is 27.7 Å². The molecule has 0 amide bonds. The van der Waals surface area contributed by atoms with E-state index in [4.69, 9.17) is 31.9 Å². The molecule has 59 heavy (non-hydrogen) atoms. The number of Topliss-reactive ketones (excluding diaryl/α,β-unsaturated/α-hetero) is 1. The largest absolute Gasteiger partial charge is 0.484 e. The highest BCUT2D eigenvalue weighted by Crippen LogP contribution is 2.64. The molecular weight excluding hydrogens is 816 g/mol.